The fraction of sp³-hybridized carbons (Fsp3) is 0.316. The van der Waals surface area contributed by atoms with Gasteiger partial charge < -0.3 is 10.1 Å². The molecule has 5 heteroatoms. The molecule has 0 aromatic heterocycles. The summed E-state index contributed by atoms with van der Waals surface area (Å²) in [7, 11) is 0. The number of halogens is 2. The third-order valence-corrected chi connectivity index (χ3v) is 4.78. The van der Waals surface area contributed by atoms with Crippen LogP contribution in [0.15, 0.2) is 36.4 Å². The minimum absolute atomic E-state index is 0.0268. The summed E-state index contributed by atoms with van der Waals surface area (Å²) in [5.41, 5.74) is 2.34. The predicted molar refractivity (Wildman–Crippen MR) is 100 cm³/mol. The SMILES string of the molecule is Cc1cc(OC(C(=O)Nc2ccccc2)C(C)C)c(Cl)c(C)c1Cl. The molecule has 2 rings (SSSR count). The van der Waals surface area contributed by atoms with E-state index in [9.17, 15) is 4.79 Å². The molecular formula is C19H21Cl2NO2. The van der Waals surface area contributed by atoms with E-state index in [0.717, 1.165) is 16.8 Å². The summed E-state index contributed by atoms with van der Waals surface area (Å²) < 4.78 is 5.95. The van der Waals surface area contributed by atoms with Crippen LogP contribution in [0.1, 0.15) is 25.0 Å². The Bertz CT molecular complexity index is 730. The number of carbonyl (C=O) groups is 1. The number of anilines is 1. The van der Waals surface area contributed by atoms with E-state index in [1.165, 1.54) is 0 Å². The summed E-state index contributed by atoms with van der Waals surface area (Å²) in [6.07, 6.45) is -0.664. The van der Waals surface area contributed by atoms with Crippen molar-refractivity contribution >= 4 is 34.8 Å². The van der Waals surface area contributed by atoms with E-state index in [-0.39, 0.29) is 11.8 Å². The van der Waals surface area contributed by atoms with Gasteiger partial charge in [-0.1, -0.05) is 55.2 Å². The van der Waals surface area contributed by atoms with Gasteiger partial charge in [-0.3, -0.25) is 4.79 Å². The molecular weight excluding hydrogens is 345 g/mol. The molecule has 1 amide bonds. The highest BCUT2D eigenvalue weighted by Gasteiger charge is 2.26. The summed E-state index contributed by atoms with van der Waals surface area (Å²) in [4.78, 5) is 12.6. The summed E-state index contributed by atoms with van der Waals surface area (Å²) in [6.45, 7) is 7.57. The van der Waals surface area contributed by atoms with E-state index in [0.29, 0.717) is 15.8 Å². The van der Waals surface area contributed by atoms with Crippen LogP contribution in [-0.2, 0) is 4.79 Å². The van der Waals surface area contributed by atoms with E-state index in [1.54, 1.807) is 6.07 Å². The van der Waals surface area contributed by atoms with Gasteiger partial charge in [-0.25, -0.2) is 0 Å². The number of para-hydroxylation sites is 1. The summed E-state index contributed by atoms with van der Waals surface area (Å²) >= 11 is 12.5. The molecule has 1 N–H and O–H groups in total. The lowest BCUT2D eigenvalue weighted by atomic mass is 10.1. The number of benzene rings is 2. The summed E-state index contributed by atoms with van der Waals surface area (Å²) in [5, 5.41) is 3.92. The molecule has 0 aliphatic rings. The van der Waals surface area contributed by atoms with Crippen molar-refractivity contribution in [2.45, 2.75) is 33.8 Å². The lowest BCUT2D eigenvalue weighted by Gasteiger charge is -2.23. The highest BCUT2D eigenvalue weighted by Crippen LogP contribution is 2.36. The monoisotopic (exact) mass is 365 g/mol. The zero-order chi connectivity index (χ0) is 17.9. The van der Waals surface area contributed by atoms with E-state index in [1.807, 2.05) is 58.0 Å². The number of rotatable bonds is 5. The highest BCUT2D eigenvalue weighted by molar-refractivity contribution is 6.37. The first-order chi connectivity index (χ1) is 11.3. The van der Waals surface area contributed by atoms with Gasteiger partial charge in [0.15, 0.2) is 6.10 Å². The lowest BCUT2D eigenvalue weighted by Crippen LogP contribution is -2.37. The average molecular weight is 366 g/mol. The topological polar surface area (TPSA) is 38.3 Å². The first-order valence-electron chi connectivity index (χ1n) is 7.79. The van der Waals surface area contributed by atoms with Gasteiger partial charge in [0.25, 0.3) is 5.91 Å². The van der Waals surface area contributed by atoms with Crippen molar-refractivity contribution in [2.75, 3.05) is 5.32 Å². The third kappa shape index (κ3) is 4.22. The Morgan fingerprint density at radius 2 is 1.71 bits per heavy atom. The summed E-state index contributed by atoms with van der Waals surface area (Å²) in [6, 6.07) is 11.1. The molecule has 2 aromatic rings. The number of nitrogens with one attached hydrogen (secondary N) is 1. The lowest BCUT2D eigenvalue weighted by molar-refractivity contribution is -0.124. The molecule has 0 fully saturated rings. The van der Waals surface area contributed by atoms with Gasteiger partial charge in [-0.05, 0) is 49.1 Å². The minimum atomic E-state index is -0.664. The van der Waals surface area contributed by atoms with Gasteiger partial charge in [-0.2, -0.15) is 0 Å². The van der Waals surface area contributed by atoms with Gasteiger partial charge in [0.2, 0.25) is 0 Å². The fourth-order valence-corrected chi connectivity index (χ4v) is 2.74. The van der Waals surface area contributed by atoms with Crippen LogP contribution in [0.3, 0.4) is 0 Å². The Labute approximate surface area is 152 Å². The Morgan fingerprint density at radius 3 is 2.29 bits per heavy atom. The highest BCUT2D eigenvalue weighted by atomic mass is 35.5. The van der Waals surface area contributed by atoms with Gasteiger partial charge in [0.05, 0.1) is 5.02 Å². The third-order valence-electron chi connectivity index (χ3n) is 3.73. The molecule has 24 heavy (non-hydrogen) atoms. The molecule has 0 aliphatic carbocycles. The summed E-state index contributed by atoms with van der Waals surface area (Å²) in [5.74, 6) is 0.233. The number of amides is 1. The van der Waals surface area contributed by atoms with Crippen LogP contribution < -0.4 is 10.1 Å². The molecule has 0 heterocycles. The molecule has 0 saturated heterocycles. The number of hydrogen-bond donors (Lipinski definition) is 1. The van der Waals surface area contributed by atoms with Gasteiger partial charge in [0, 0.05) is 10.7 Å². The maximum absolute atomic E-state index is 12.6. The van der Waals surface area contributed by atoms with Crippen molar-refractivity contribution in [2.24, 2.45) is 5.92 Å². The minimum Gasteiger partial charge on any atom is -0.479 e. The predicted octanol–water partition coefficient (Wildman–Crippen LogP) is 5.65. The maximum Gasteiger partial charge on any atom is 0.265 e. The van der Waals surface area contributed by atoms with Crippen molar-refractivity contribution in [3.63, 3.8) is 0 Å². The smallest absolute Gasteiger partial charge is 0.265 e. The van der Waals surface area contributed by atoms with Gasteiger partial charge in [-0.15, -0.1) is 0 Å². The molecule has 2 aromatic carbocycles. The molecule has 3 nitrogen and oxygen atoms in total. The van der Waals surface area contributed by atoms with Crippen LogP contribution in [0.25, 0.3) is 0 Å². The number of ether oxygens (including phenoxy) is 1. The molecule has 1 atom stereocenters. The number of carbonyl (C=O) groups excluding carboxylic acids is 1. The second-order valence-corrected chi connectivity index (χ2v) is 6.84. The molecule has 0 bridgehead atoms. The number of aryl methyl sites for hydroxylation is 1. The molecule has 128 valence electrons. The molecule has 0 radical (unpaired) electrons. The van der Waals surface area contributed by atoms with E-state index in [2.05, 4.69) is 5.32 Å². The normalized spacial score (nSPS) is 12.1. The first-order valence-corrected chi connectivity index (χ1v) is 8.54. The standard InChI is InChI=1S/C19H21Cl2NO2/c1-11(2)18(19(23)22-14-8-6-5-7-9-14)24-15-10-12(3)16(20)13(4)17(15)21/h5-11,18H,1-4H3,(H,22,23). The van der Waals surface area contributed by atoms with Crippen LogP contribution in [0, 0.1) is 19.8 Å². The van der Waals surface area contributed by atoms with Crippen molar-refractivity contribution < 1.29 is 9.53 Å². The van der Waals surface area contributed by atoms with Gasteiger partial charge >= 0.3 is 0 Å². The second-order valence-electron chi connectivity index (χ2n) is 6.08. The second kappa shape index (κ2) is 7.91. The van der Waals surface area contributed by atoms with Crippen LogP contribution in [0.2, 0.25) is 10.0 Å². The van der Waals surface area contributed by atoms with Crippen LogP contribution in [0.4, 0.5) is 5.69 Å². The largest absolute Gasteiger partial charge is 0.479 e. The Hall–Kier alpha value is -1.71. The van der Waals surface area contributed by atoms with Crippen LogP contribution in [0.5, 0.6) is 5.75 Å². The molecule has 0 aliphatic heterocycles. The molecule has 1 unspecified atom stereocenters. The average Bonchev–Trinajstić information content (AvgIpc) is 2.55. The first kappa shape index (κ1) is 18.6. The van der Waals surface area contributed by atoms with Gasteiger partial charge in [0.1, 0.15) is 5.75 Å². The molecule has 0 spiro atoms. The van der Waals surface area contributed by atoms with E-state index in [4.69, 9.17) is 27.9 Å². The van der Waals surface area contributed by atoms with Crippen LogP contribution in [-0.4, -0.2) is 12.0 Å². The maximum atomic E-state index is 12.6. The van der Waals surface area contributed by atoms with Crippen molar-refractivity contribution in [3.05, 3.63) is 57.6 Å². The van der Waals surface area contributed by atoms with Crippen molar-refractivity contribution in [3.8, 4) is 5.75 Å². The van der Waals surface area contributed by atoms with Crippen LogP contribution >= 0.6 is 23.2 Å². The Balaban J connectivity index is 2.25. The zero-order valence-corrected chi connectivity index (χ0v) is 15.7. The van der Waals surface area contributed by atoms with E-state index < -0.39 is 6.10 Å². The van der Waals surface area contributed by atoms with Crippen molar-refractivity contribution in [1.29, 1.82) is 0 Å². The zero-order valence-electron chi connectivity index (χ0n) is 14.2. The fourth-order valence-electron chi connectivity index (χ4n) is 2.35. The van der Waals surface area contributed by atoms with E-state index >= 15 is 0 Å². The Kier molecular flexibility index (Phi) is 6.14. The van der Waals surface area contributed by atoms with Crippen molar-refractivity contribution in [1.82, 2.24) is 0 Å². The molecule has 0 saturated carbocycles. The Morgan fingerprint density at radius 1 is 1.08 bits per heavy atom. The quantitative estimate of drug-likeness (QED) is 0.742. The number of hydrogen-bond acceptors (Lipinski definition) is 2.